The Hall–Kier alpha value is -1.65. The highest BCUT2D eigenvalue weighted by molar-refractivity contribution is 7.80. The van der Waals surface area contributed by atoms with Gasteiger partial charge in [0, 0.05) is 0 Å². The van der Waals surface area contributed by atoms with E-state index in [1.807, 2.05) is 4.74 Å². The van der Waals surface area contributed by atoms with Gasteiger partial charge >= 0.3 is 36.1 Å². The van der Waals surface area contributed by atoms with Crippen LogP contribution in [-0.2, 0) is 9.53 Å². The number of carbonyl (C=O) groups is 1. The van der Waals surface area contributed by atoms with Crippen molar-refractivity contribution < 1.29 is 57.8 Å². The van der Waals surface area contributed by atoms with Crippen LogP contribution in [0.2, 0.25) is 0 Å². The number of rotatable bonds is 4. The van der Waals surface area contributed by atoms with Gasteiger partial charge in [0.05, 0.1) is 0 Å². The molecule has 0 aromatic heterocycles. The Labute approximate surface area is 129 Å². The van der Waals surface area contributed by atoms with Gasteiger partial charge < -0.3 is 5.73 Å². The number of hydrogen-bond donors (Lipinski definition) is 3. The summed E-state index contributed by atoms with van der Waals surface area (Å²) >= 11 is 3.94. The molecule has 17 heteroatoms. The van der Waals surface area contributed by atoms with Crippen molar-refractivity contribution in [2.45, 2.75) is 30.2 Å². The van der Waals surface area contributed by atoms with Crippen molar-refractivity contribution in [1.29, 1.82) is 0 Å². The Morgan fingerprint density at radius 1 is 0.833 bits per heavy atom. The van der Waals surface area contributed by atoms with Crippen LogP contribution in [0.15, 0.2) is 0 Å². The van der Waals surface area contributed by atoms with Gasteiger partial charge in [0.2, 0.25) is 0 Å². The van der Waals surface area contributed by atoms with E-state index in [9.17, 15) is 53.1 Å². The number of alkyl halides is 11. The van der Waals surface area contributed by atoms with Gasteiger partial charge in [-0.05, 0) is 12.2 Å². The summed E-state index contributed by atoms with van der Waals surface area (Å²) in [6, 6.07) is 0. The molecule has 0 aliphatic rings. The maximum Gasteiger partial charge on any atom is 0.462 e. The fourth-order valence-corrected chi connectivity index (χ4v) is 0.888. The molecule has 5 nitrogen and oxygen atoms in total. The third-order valence-electron chi connectivity index (χ3n) is 1.95. The molecule has 4 N–H and O–H groups in total. The number of hydrazine groups is 1. The zero-order valence-electron chi connectivity index (χ0n) is 10.5. The van der Waals surface area contributed by atoms with E-state index in [1.165, 1.54) is 0 Å². The van der Waals surface area contributed by atoms with Crippen LogP contribution in [0.3, 0.4) is 0 Å². The van der Waals surface area contributed by atoms with Crippen LogP contribution in [0.1, 0.15) is 0 Å². The zero-order valence-corrected chi connectivity index (χ0v) is 11.3. The van der Waals surface area contributed by atoms with Gasteiger partial charge in [-0.25, -0.2) is 0 Å². The molecule has 0 aromatic carbocycles. The first-order valence-corrected chi connectivity index (χ1v) is 5.34. The largest absolute Gasteiger partial charge is 0.462 e. The molecule has 0 aliphatic carbocycles. The van der Waals surface area contributed by atoms with E-state index in [4.69, 9.17) is 0 Å². The summed E-state index contributed by atoms with van der Waals surface area (Å²) in [5, 5.41) is -1.04. The predicted molar refractivity (Wildman–Crippen MR) is 55.0 cm³/mol. The van der Waals surface area contributed by atoms with Gasteiger partial charge in [-0.15, -0.1) is 0 Å². The number of ether oxygens (including phenoxy) is 1. The Kier molecular flexibility index (Phi) is 5.90. The molecule has 142 valence electrons. The van der Waals surface area contributed by atoms with Crippen LogP contribution >= 0.6 is 12.2 Å². The van der Waals surface area contributed by atoms with E-state index < -0.39 is 41.3 Å². The predicted octanol–water partition coefficient (Wildman–Crippen LogP) is 1.89. The fourth-order valence-electron chi connectivity index (χ4n) is 0.837. The third-order valence-corrected chi connectivity index (χ3v) is 2.05. The minimum Gasteiger partial charge on any atom is -0.375 e. The third kappa shape index (κ3) is 4.25. The van der Waals surface area contributed by atoms with Crippen LogP contribution < -0.4 is 16.6 Å². The van der Waals surface area contributed by atoms with E-state index in [1.54, 1.807) is 0 Å². The SMILES string of the molecule is NC(=S)NNC(=O)C(F)(OC(F)(F)C(F)(F)C(F)(F)F)C(F)(F)F. The quantitative estimate of drug-likeness (QED) is 0.380. The summed E-state index contributed by atoms with van der Waals surface area (Å²) in [6.45, 7) is 0. The minimum atomic E-state index is -7.26. The van der Waals surface area contributed by atoms with Crippen LogP contribution in [0.4, 0.5) is 48.3 Å². The number of amides is 1. The van der Waals surface area contributed by atoms with Gasteiger partial charge in [-0.1, -0.05) is 0 Å². The second kappa shape index (κ2) is 6.34. The lowest BCUT2D eigenvalue weighted by Gasteiger charge is -2.34. The van der Waals surface area contributed by atoms with Gasteiger partial charge in [0.25, 0.3) is 0 Å². The summed E-state index contributed by atoms with van der Waals surface area (Å²) in [5.74, 6) is -16.9. The standard InChI is InChI=1S/C7H4F11N3O2S/c8-3(5(11,12)13,1(22)20-21-2(19)24)23-7(17,18)4(9,10)6(14,15)16/h(H,20,22)(H3,19,21,24). The topological polar surface area (TPSA) is 76.4 Å². The van der Waals surface area contributed by atoms with Crippen molar-refractivity contribution in [3.63, 3.8) is 0 Å². The summed E-state index contributed by atoms with van der Waals surface area (Å²) < 4.78 is 139. The first-order valence-electron chi connectivity index (χ1n) is 4.93. The Morgan fingerprint density at radius 3 is 1.54 bits per heavy atom. The Balaban J connectivity index is 5.82. The first-order chi connectivity index (χ1) is 10.3. The first kappa shape index (κ1) is 22.3. The molecule has 0 aromatic rings. The van der Waals surface area contributed by atoms with Crippen molar-refractivity contribution in [3.8, 4) is 0 Å². The smallest absolute Gasteiger partial charge is 0.375 e. The van der Waals surface area contributed by atoms with Crippen LogP contribution in [0, 0.1) is 0 Å². The van der Waals surface area contributed by atoms with Crippen LogP contribution in [-0.4, -0.2) is 41.3 Å². The molecule has 0 radical (unpaired) electrons. The van der Waals surface area contributed by atoms with Crippen LogP contribution in [0.5, 0.6) is 0 Å². The van der Waals surface area contributed by atoms with Gasteiger partial charge in [-0.2, -0.15) is 48.3 Å². The monoisotopic (exact) mass is 403 g/mol. The molecule has 1 unspecified atom stereocenters. The molecule has 1 amide bonds. The minimum absolute atomic E-state index is 0.607. The highest BCUT2D eigenvalue weighted by Crippen LogP contribution is 2.50. The van der Waals surface area contributed by atoms with Crippen molar-refractivity contribution in [2.24, 2.45) is 5.73 Å². The lowest BCUT2D eigenvalue weighted by atomic mass is 10.2. The molecular weight excluding hydrogens is 399 g/mol. The second-order valence-electron chi connectivity index (χ2n) is 3.73. The van der Waals surface area contributed by atoms with Gasteiger partial charge in [0.15, 0.2) is 5.11 Å². The Bertz CT molecular complexity index is 505. The average molecular weight is 403 g/mol. The van der Waals surface area contributed by atoms with E-state index >= 15 is 0 Å². The van der Waals surface area contributed by atoms with E-state index in [-0.39, 0.29) is 0 Å². The maximum atomic E-state index is 13.5. The number of halogens is 11. The lowest BCUT2D eigenvalue weighted by Crippen LogP contribution is -2.65. The molecule has 1 atom stereocenters. The molecule has 0 bridgehead atoms. The van der Waals surface area contributed by atoms with Crippen LogP contribution in [0.25, 0.3) is 0 Å². The highest BCUT2D eigenvalue weighted by Gasteiger charge is 2.79. The van der Waals surface area contributed by atoms with E-state index in [0.717, 1.165) is 5.43 Å². The molecule has 0 spiro atoms. The Morgan fingerprint density at radius 2 is 1.25 bits per heavy atom. The van der Waals surface area contributed by atoms with Gasteiger partial charge in [0.1, 0.15) is 0 Å². The van der Waals surface area contributed by atoms with Crippen molar-refractivity contribution in [1.82, 2.24) is 10.9 Å². The summed E-state index contributed by atoms with van der Waals surface area (Å²) in [4.78, 5) is 10.9. The molecule has 0 rings (SSSR count). The fraction of sp³-hybridized carbons (Fsp3) is 0.714. The lowest BCUT2D eigenvalue weighted by molar-refractivity contribution is -0.473. The van der Waals surface area contributed by atoms with Crippen molar-refractivity contribution in [3.05, 3.63) is 0 Å². The van der Waals surface area contributed by atoms with E-state index in [0.29, 0.717) is 5.43 Å². The second-order valence-corrected chi connectivity index (χ2v) is 4.17. The summed E-state index contributed by atoms with van der Waals surface area (Å²) in [6.07, 6.45) is -21.0. The normalized spacial score (nSPS) is 16.3. The molecule has 0 saturated heterocycles. The molecule has 24 heavy (non-hydrogen) atoms. The van der Waals surface area contributed by atoms with Crippen molar-refractivity contribution >= 4 is 23.2 Å². The average Bonchev–Trinajstić information content (AvgIpc) is 2.31. The zero-order chi connectivity index (χ0) is 19.8. The summed E-state index contributed by atoms with van der Waals surface area (Å²) in [7, 11) is 0. The van der Waals surface area contributed by atoms with E-state index in [2.05, 4.69) is 18.0 Å². The molecule has 0 saturated carbocycles. The molecular formula is C7H4F11N3O2S. The number of nitrogens with one attached hydrogen (secondary N) is 2. The summed E-state index contributed by atoms with van der Waals surface area (Å²) in [5.41, 5.74) is 6.31. The number of nitrogens with two attached hydrogens (primary N) is 1. The van der Waals surface area contributed by atoms with Crippen molar-refractivity contribution in [2.75, 3.05) is 0 Å². The molecule has 0 fully saturated rings. The number of carbonyl (C=O) groups excluding carboxylic acids is 1. The molecule has 0 aliphatic heterocycles. The molecule has 0 heterocycles. The highest BCUT2D eigenvalue weighted by atomic mass is 32.1. The van der Waals surface area contributed by atoms with Gasteiger partial charge in [-0.3, -0.25) is 20.4 Å². The maximum absolute atomic E-state index is 13.5. The number of thiocarbonyl (C=S) groups is 1. The number of hydrogen-bond acceptors (Lipinski definition) is 3.